The largest absolute Gasteiger partial charge is 0.465 e. The van der Waals surface area contributed by atoms with Crippen LogP contribution in [-0.2, 0) is 9.53 Å². The van der Waals surface area contributed by atoms with Crippen LogP contribution in [0.15, 0.2) is 70.4 Å². The number of esters is 1. The molecular weight excluding hydrogens is 488 g/mol. The molecule has 0 saturated heterocycles. The molecule has 1 rings (SSSR count). The minimum Gasteiger partial charge on any atom is -0.465 e. The zero-order valence-electron chi connectivity index (χ0n) is 27.6. The van der Waals surface area contributed by atoms with Crippen molar-refractivity contribution in [3.63, 3.8) is 0 Å². The van der Waals surface area contributed by atoms with E-state index in [9.17, 15) is 4.79 Å². The number of allylic oxidation sites excluding steroid dienone is 11. The smallest absolute Gasteiger partial charge is 0.312 e. The molecule has 0 aromatic carbocycles. The Labute approximate surface area is 248 Å². The highest BCUT2D eigenvalue weighted by molar-refractivity contribution is 5.77. The van der Waals surface area contributed by atoms with Gasteiger partial charge in [-0.3, -0.25) is 4.79 Å². The number of hydrogen-bond acceptors (Lipinski definition) is 2. The number of hydrogen-bond donors (Lipinski definition) is 0. The summed E-state index contributed by atoms with van der Waals surface area (Å²) in [5, 5.41) is 0. The molecule has 0 aromatic rings. The van der Waals surface area contributed by atoms with Gasteiger partial charge in [0, 0.05) is 0 Å². The SMILES string of the molecule is C=C(CC/C=C(\C)CCC=C(C)C)CC[C@H]1C=C(CC/C=C(\C)CCC=C(C)C)C[C@@](C)(C(=O)OCCCC)C1. The lowest BCUT2D eigenvalue weighted by Gasteiger charge is -2.36. The Balaban J connectivity index is 2.75. The van der Waals surface area contributed by atoms with Crippen LogP contribution in [0.4, 0.5) is 0 Å². The van der Waals surface area contributed by atoms with E-state index in [4.69, 9.17) is 4.74 Å². The predicted molar refractivity (Wildman–Crippen MR) is 176 cm³/mol. The van der Waals surface area contributed by atoms with Gasteiger partial charge in [0.15, 0.2) is 0 Å². The van der Waals surface area contributed by atoms with Gasteiger partial charge in [0.05, 0.1) is 12.0 Å². The molecule has 1 aliphatic rings. The first-order valence-electron chi connectivity index (χ1n) is 16.1. The molecule has 1 aliphatic carbocycles. The van der Waals surface area contributed by atoms with Crippen LogP contribution < -0.4 is 0 Å². The topological polar surface area (TPSA) is 26.3 Å². The summed E-state index contributed by atoms with van der Waals surface area (Å²) in [6.45, 7) is 22.4. The summed E-state index contributed by atoms with van der Waals surface area (Å²) in [4.78, 5) is 13.2. The highest BCUT2D eigenvalue weighted by Crippen LogP contribution is 2.43. The Morgan fingerprint density at radius 3 is 2.05 bits per heavy atom. The van der Waals surface area contributed by atoms with E-state index < -0.39 is 5.41 Å². The van der Waals surface area contributed by atoms with Crippen LogP contribution in [0.2, 0.25) is 0 Å². The first kappa shape index (κ1) is 35.9. The zero-order valence-corrected chi connectivity index (χ0v) is 27.6. The Kier molecular flexibility index (Phi) is 17.9. The van der Waals surface area contributed by atoms with Gasteiger partial charge in [0.25, 0.3) is 0 Å². The minimum absolute atomic E-state index is 0.00227. The molecule has 0 aromatic heterocycles. The molecule has 40 heavy (non-hydrogen) atoms. The number of carbonyl (C=O) groups excluding carboxylic acids is 1. The number of ether oxygens (including phenoxy) is 1. The van der Waals surface area contributed by atoms with Crippen LogP contribution in [0.3, 0.4) is 0 Å². The Hall–Kier alpha value is -2.09. The lowest BCUT2D eigenvalue weighted by Crippen LogP contribution is -2.35. The molecule has 0 heterocycles. The summed E-state index contributed by atoms with van der Waals surface area (Å²) in [5.74, 6) is 0.408. The highest BCUT2D eigenvalue weighted by Gasteiger charge is 2.40. The van der Waals surface area contributed by atoms with E-state index in [0.29, 0.717) is 12.5 Å². The lowest BCUT2D eigenvalue weighted by atomic mass is 9.69. The van der Waals surface area contributed by atoms with Crippen LogP contribution in [0.1, 0.15) is 145 Å². The zero-order chi connectivity index (χ0) is 30.0. The highest BCUT2D eigenvalue weighted by atomic mass is 16.5. The maximum Gasteiger partial charge on any atom is 0.312 e. The molecule has 0 aliphatic heterocycles. The summed E-state index contributed by atoms with van der Waals surface area (Å²) in [5.41, 5.74) is 8.07. The monoisotopic (exact) mass is 550 g/mol. The molecule has 0 amide bonds. The predicted octanol–water partition coefficient (Wildman–Crippen LogP) is 12.0. The van der Waals surface area contributed by atoms with Crippen molar-refractivity contribution in [3.8, 4) is 0 Å². The van der Waals surface area contributed by atoms with Crippen LogP contribution in [0.5, 0.6) is 0 Å². The summed E-state index contributed by atoms with van der Waals surface area (Å²) >= 11 is 0. The van der Waals surface area contributed by atoms with Gasteiger partial charge < -0.3 is 4.74 Å². The normalized spacial score (nSPS) is 19.6. The van der Waals surface area contributed by atoms with Gasteiger partial charge in [-0.05, 0) is 138 Å². The average molecular weight is 551 g/mol. The van der Waals surface area contributed by atoms with Crippen molar-refractivity contribution in [1.82, 2.24) is 0 Å². The van der Waals surface area contributed by atoms with Crippen molar-refractivity contribution in [2.45, 2.75) is 145 Å². The van der Waals surface area contributed by atoms with Gasteiger partial charge >= 0.3 is 5.97 Å². The molecule has 2 nitrogen and oxygen atoms in total. The van der Waals surface area contributed by atoms with Crippen LogP contribution in [0.25, 0.3) is 0 Å². The van der Waals surface area contributed by atoms with Gasteiger partial charge in [-0.1, -0.05) is 83.7 Å². The molecular formula is C38H62O2. The third-order valence-corrected chi connectivity index (χ3v) is 8.03. The van der Waals surface area contributed by atoms with E-state index >= 15 is 0 Å². The number of unbranched alkanes of at least 4 members (excludes halogenated alkanes) is 1. The van der Waals surface area contributed by atoms with Crippen molar-refractivity contribution < 1.29 is 9.53 Å². The second-order valence-corrected chi connectivity index (χ2v) is 13.1. The van der Waals surface area contributed by atoms with Crippen LogP contribution in [-0.4, -0.2) is 12.6 Å². The molecule has 2 atom stereocenters. The molecule has 0 N–H and O–H groups in total. The molecule has 2 heteroatoms. The van der Waals surface area contributed by atoms with Gasteiger partial charge in [-0.15, -0.1) is 0 Å². The van der Waals surface area contributed by atoms with Crippen LogP contribution in [0, 0.1) is 11.3 Å². The van der Waals surface area contributed by atoms with Gasteiger partial charge in [-0.25, -0.2) is 0 Å². The maximum absolute atomic E-state index is 13.2. The van der Waals surface area contributed by atoms with Gasteiger partial charge in [0.1, 0.15) is 0 Å². The molecule has 0 bridgehead atoms. The Morgan fingerprint density at radius 2 is 1.48 bits per heavy atom. The van der Waals surface area contributed by atoms with E-state index in [0.717, 1.165) is 89.9 Å². The van der Waals surface area contributed by atoms with Crippen molar-refractivity contribution in [1.29, 1.82) is 0 Å². The second kappa shape index (κ2) is 19.9. The molecule has 0 fully saturated rings. The Morgan fingerprint density at radius 1 is 0.900 bits per heavy atom. The number of carbonyl (C=O) groups is 1. The fourth-order valence-corrected chi connectivity index (χ4v) is 5.52. The quantitative estimate of drug-likeness (QED) is 0.0908. The molecule has 0 radical (unpaired) electrons. The third-order valence-electron chi connectivity index (χ3n) is 8.03. The van der Waals surface area contributed by atoms with E-state index in [1.54, 1.807) is 0 Å². The third kappa shape index (κ3) is 16.2. The standard InChI is InChI=1S/C38H62O2/c1-10-11-26-40-37(39)38(9)28-35(23-15-22-33(7)19-13-17-31(4)5)27-36(29-38)25-24-34(8)21-14-20-32(6)18-12-16-30(2)3/h16-17,20,22,27,36H,8,10-15,18-19,21,23-26,28-29H2,1-7,9H3/b32-20+,33-22+/t36-,38+/m0/s1. The fourth-order valence-electron chi connectivity index (χ4n) is 5.52. The summed E-state index contributed by atoms with van der Waals surface area (Å²) in [6.07, 6.45) is 26.4. The fraction of sp³-hybridized carbons (Fsp3) is 0.658. The van der Waals surface area contributed by atoms with Gasteiger partial charge in [0.2, 0.25) is 0 Å². The van der Waals surface area contributed by atoms with E-state index in [2.05, 4.69) is 92.3 Å². The first-order valence-corrected chi connectivity index (χ1v) is 16.1. The molecule has 0 saturated carbocycles. The van der Waals surface area contributed by atoms with E-state index in [1.165, 1.54) is 33.4 Å². The van der Waals surface area contributed by atoms with Crippen molar-refractivity contribution in [2.75, 3.05) is 6.61 Å². The second-order valence-electron chi connectivity index (χ2n) is 13.1. The van der Waals surface area contributed by atoms with Crippen molar-refractivity contribution in [2.24, 2.45) is 11.3 Å². The maximum atomic E-state index is 13.2. The average Bonchev–Trinajstić information content (AvgIpc) is 2.87. The number of rotatable bonds is 19. The summed E-state index contributed by atoms with van der Waals surface area (Å²) in [7, 11) is 0. The van der Waals surface area contributed by atoms with Crippen LogP contribution >= 0.6 is 0 Å². The molecule has 0 spiro atoms. The molecule has 226 valence electrons. The minimum atomic E-state index is -0.419. The lowest BCUT2D eigenvalue weighted by molar-refractivity contribution is -0.156. The Bertz CT molecular complexity index is 931. The van der Waals surface area contributed by atoms with Crippen molar-refractivity contribution >= 4 is 5.97 Å². The first-order chi connectivity index (χ1) is 18.9. The summed E-state index contributed by atoms with van der Waals surface area (Å²) in [6, 6.07) is 0. The van der Waals surface area contributed by atoms with Gasteiger partial charge in [-0.2, -0.15) is 0 Å². The summed E-state index contributed by atoms with van der Waals surface area (Å²) < 4.78 is 5.76. The van der Waals surface area contributed by atoms with Crippen molar-refractivity contribution in [3.05, 3.63) is 70.4 Å². The molecule has 0 unspecified atom stereocenters. The van der Waals surface area contributed by atoms with E-state index in [1.807, 2.05) is 0 Å². The van der Waals surface area contributed by atoms with E-state index in [-0.39, 0.29) is 5.97 Å².